The molecule has 3 aromatic carbocycles. The number of fused-ring (bicyclic) bond motifs is 2. The number of aromatic nitrogens is 2. The van der Waals surface area contributed by atoms with Crippen LogP contribution in [0.5, 0.6) is 0 Å². The highest BCUT2D eigenvalue weighted by molar-refractivity contribution is 7.16. The Kier molecular flexibility index (Phi) is 5.32. The van der Waals surface area contributed by atoms with Gasteiger partial charge >= 0.3 is 5.97 Å². The van der Waals surface area contributed by atoms with Crippen molar-refractivity contribution in [3.05, 3.63) is 94.8 Å². The molecular formula is C26H19N3O3S. The lowest BCUT2D eigenvalue weighted by Crippen LogP contribution is -2.13. The molecule has 0 aliphatic heterocycles. The third-order valence-corrected chi connectivity index (χ3v) is 6.54. The van der Waals surface area contributed by atoms with E-state index in [1.807, 2.05) is 72.3 Å². The smallest absolute Gasteiger partial charge is 0.337 e. The summed E-state index contributed by atoms with van der Waals surface area (Å²) in [5.41, 5.74) is 4.21. The summed E-state index contributed by atoms with van der Waals surface area (Å²) in [4.78, 5) is 35.0. The third-order valence-electron chi connectivity index (χ3n) is 5.44. The van der Waals surface area contributed by atoms with Gasteiger partial charge in [0.05, 0.1) is 39.7 Å². The van der Waals surface area contributed by atoms with Gasteiger partial charge in [-0.05, 0) is 30.3 Å². The number of pyridine rings is 1. The Bertz CT molecular complexity index is 1600. The molecule has 0 saturated carbocycles. The number of nitrogens with zero attached hydrogens (tertiary/aromatic N) is 3. The Balaban J connectivity index is 1.65. The number of ether oxygens (including phenoxy) is 1. The minimum Gasteiger partial charge on any atom is -0.465 e. The van der Waals surface area contributed by atoms with Crippen LogP contribution in [0.1, 0.15) is 20.7 Å². The van der Waals surface area contributed by atoms with E-state index >= 15 is 0 Å². The monoisotopic (exact) mass is 453 g/mol. The van der Waals surface area contributed by atoms with E-state index in [9.17, 15) is 9.59 Å². The molecule has 1 amide bonds. The molecule has 0 spiro atoms. The fourth-order valence-electron chi connectivity index (χ4n) is 3.74. The average Bonchev–Trinajstić information content (AvgIpc) is 3.17. The van der Waals surface area contributed by atoms with E-state index < -0.39 is 5.97 Å². The lowest BCUT2D eigenvalue weighted by molar-refractivity contribution is 0.0601. The van der Waals surface area contributed by atoms with Crippen molar-refractivity contribution in [1.82, 2.24) is 9.55 Å². The SMILES string of the molecule is COC(=O)c1ccc2c(c1)sc(=NC(=O)c1cc(-c3ccccc3)nc3ccccc13)n2C. The molecule has 0 radical (unpaired) electrons. The number of thiazole rings is 1. The first-order chi connectivity index (χ1) is 16.0. The molecule has 2 heterocycles. The van der Waals surface area contributed by atoms with Gasteiger partial charge in [-0.2, -0.15) is 4.99 Å². The topological polar surface area (TPSA) is 73.6 Å². The van der Waals surface area contributed by atoms with Crippen LogP contribution in [-0.4, -0.2) is 28.5 Å². The van der Waals surface area contributed by atoms with Crippen LogP contribution in [0.25, 0.3) is 32.4 Å². The number of hydrogen-bond acceptors (Lipinski definition) is 5. The molecule has 33 heavy (non-hydrogen) atoms. The van der Waals surface area contributed by atoms with Crippen molar-refractivity contribution in [3.63, 3.8) is 0 Å². The van der Waals surface area contributed by atoms with E-state index in [4.69, 9.17) is 9.72 Å². The Morgan fingerprint density at radius 1 is 0.970 bits per heavy atom. The third kappa shape index (κ3) is 3.83. The zero-order valence-corrected chi connectivity index (χ0v) is 18.8. The van der Waals surface area contributed by atoms with Crippen LogP contribution >= 0.6 is 11.3 Å². The molecule has 0 aliphatic rings. The summed E-state index contributed by atoms with van der Waals surface area (Å²) in [6, 6.07) is 24.4. The number of methoxy groups -OCH3 is 1. The molecular weight excluding hydrogens is 434 g/mol. The molecule has 0 unspecified atom stereocenters. The number of esters is 1. The van der Waals surface area contributed by atoms with Crippen LogP contribution in [0.15, 0.2) is 83.9 Å². The lowest BCUT2D eigenvalue weighted by Gasteiger charge is -2.07. The summed E-state index contributed by atoms with van der Waals surface area (Å²) in [6.07, 6.45) is 0. The molecule has 0 N–H and O–H groups in total. The summed E-state index contributed by atoms with van der Waals surface area (Å²) in [7, 11) is 3.20. The van der Waals surface area contributed by atoms with Gasteiger partial charge in [0.2, 0.25) is 0 Å². The number of benzene rings is 3. The number of amides is 1. The standard InChI is InChI=1S/C26H19N3O3S/c1-29-22-13-12-17(25(31)32-2)14-23(22)33-26(29)28-24(30)19-15-21(16-8-4-3-5-9-16)27-20-11-7-6-10-18(19)20/h3-15H,1-2H3. The normalized spacial score (nSPS) is 11.8. The first-order valence-corrected chi connectivity index (χ1v) is 11.1. The van der Waals surface area contributed by atoms with Crippen molar-refractivity contribution in [2.75, 3.05) is 7.11 Å². The second kappa shape index (κ2) is 8.44. The number of carbonyl (C=O) groups is 2. The predicted octanol–water partition coefficient (Wildman–Crippen LogP) is 4.98. The van der Waals surface area contributed by atoms with Gasteiger partial charge in [0.1, 0.15) is 0 Å². The van der Waals surface area contributed by atoms with Crippen LogP contribution < -0.4 is 4.80 Å². The quantitative estimate of drug-likeness (QED) is 0.361. The summed E-state index contributed by atoms with van der Waals surface area (Å²) in [6.45, 7) is 0. The molecule has 0 aliphatic carbocycles. The largest absolute Gasteiger partial charge is 0.465 e. The van der Waals surface area contributed by atoms with Gasteiger partial charge < -0.3 is 9.30 Å². The van der Waals surface area contributed by atoms with E-state index in [2.05, 4.69) is 4.99 Å². The van der Waals surface area contributed by atoms with Crippen LogP contribution in [0.2, 0.25) is 0 Å². The van der Waals surface area contributed by atoms with Crippen LogP contribution in [0, 0.1) is 0 Å². The number of rotatable bonds is 3. The summed E-state index contributed by atoms with van der Waals surface area (Å²) < 4.78 is 7.50. The molecule has 0 fully saturated rings. The van der Waals surface area contributed by atoms with Crippen LogP contribution in [0.3, 0.4) is 0 Å². The van der Waals surface area contributed by atoms with Gasteiger partial charge in [-0.25, -0.2) is 9.78 Å². The average molecular weight is 454 g/mol. The molecule has 162 valence electrons. The number of para-hydroxylation sites is 1. The van der Waals surface area contributed by atoms with Crippen LogP contribution in [0.4, 0.5) is 0 Å². The van der Waals surface area contributed by atoms with Crippen LogP contribution in [-0.2, 0) is 11.8 Å². The number of hydrogen-bond donors (Lipinski definition) is 0. The Morgan fingerprint density at radius 2 is 1.73 bits per heavy atom. The van der Waals surface area contributed by atoms with Gasteiger partial charge in [0.25, 0.3) is 5.91 Å². The van der Waals surface area contributed by atoms with Crippen molar-refractivity contribution < 1.29 is 14.3 Å². The predicted molar refractivity (Wildman–Crippen MR) is 129 cm³/mol. The second-order valence-electron chi connectivity index (χ2n) is 7.47. The summed E-state index contributed by atoms with van der Waals surface area (Å²) >= 11 is 1.35. The molecule has 0 saturated heterocycles. The highest BCUT2D eigenvalue weighted by Gasteiger charge is 2.15. The Morgan fingerprint density at radius 3 is 2.52 bits per heavy atom. The highest BCUT2D eigenvalue weighted by atomic mass is 32.1. The summed E-state index contributed by atoms with van der Waals surface area (Å²) in [5, 5.41) is 0.752. The molecule has 5 rings (SSSR count). The number of carbonyl (C=O) groups excluding carboxylic acids is 2. The minimum absolute atomic E-state index is 0.346. The van der Waals surface area contributed by atoms with Crippen molar-refractivity contribution in [2.24, 2.45) is 12.0 Å². The van der Waals surface area contributed by atoms with E-state index in [0.29, 0.717) is 15.9 Å². The van der Waals surface area contributed by atoms with Crippen molar-refractivity contribution in [2.45, 2.75) is 0 Å². The van der Waals surface area contributed by atoms with Gasteiger partial charge in [0.15, 0.2) is 4.80 Å². The van der Waals surface area contributed by atoms with Crippen molar-refractivity contribution in [3.8, 4) is 11.3 Å². The maximum absolute atomic E-state index is 13.4. The van der Waals surface area contributed by atoms with Gasteiger partial charge in [0, 0.05) is 18.0 Å². The van der Waals surface area contributed by atoms with E-state index in [1.54, 1.807) is 18.2 Å². The minimum atomic E-state index is -0.404. The van der Waals surface area contributed by atoms with E-state index in [0.717, 1.165) is 32.4 Å². The van der Waals surface area contributed by atoms with E-state index in [-0.39, 0.29) is 5.91 Å². The fraction of sp³-hybridized carbons (Fsp3) is 0.0769. The number of aryl methyl sites for hydroxylation is 1. The fourth-order valence-corrected chi connectivity index (χ4v) is 4.80. The molecule has 6 nitrogen and oxygen atoms in total. The molecule has 5 aromatic rings. The Labute approximate surface area is 193 Å². The van der Waals surface area contributed by atoms with Crippen molar-refractivity contribution >= 4 is 44.3 Å². The molecule has 7 heteroatoms. The van der Waals surface area contributed by atoms with E-state index in [1.165, 1.54) is 18.4 Å². The highest BCUT2D eigenvalue weighted by Crippen LogP contribution is 2.25. The zero-order chi connectivity index (χ0) is 22.9. The maximum Gasteiger partial charge on any atom is 0.337 e. The van der Waals surface area contributed by atoms with Gasteiger partial charge in [-0.15, -0.1) is 0 Å². The Hall–Kier alpha value is -4.10. The molecule has 0 bridgehead atoms. The first kappa shape index (κ1) is 20.8. The second-order valence-corrected chi connectivity index (χ2v) is 8.48. The van der Waals surface area contributed by atoms with Gasteiger partial charge in [-0.1, -0.05) is 59.9 Å². The van der Waals surface area contributed by atoms with Crippen molar-refractivity contribution in [1.29, 1.82) is 0 Å². The first-order valence-electron chi connectivity index (χ1n) is 10.3. The lowest BCUT2D eigenvalue weighted by atomic mass is 10.0. The molecule has 0 atom stereocenters. The molecule has 2 aromatic heterocycles. The zero-order valence-electron chi connectivity index (χ0n) is 18.0. The maximum atomic E-state index is 13.4. The summed E-state index contributed by atoms with van der Waals surface area (Å²) in [5.74, 6) is -0.750. The van der Waals surface area contributed by atoms with Gasteiger partial charge in [-0.3, -0.25) is 4.79 Å².